The number of nitroso groups, excluding NO2 is 1. The Hall–Kier alpha value is -1.71. The van der Waals surface area contributed by atoms with Crippen LogP contribution in [0.15, 0.2) is 45.9 Å². The van der Waals surface area contributed by atoms with Crippen molar-refractivity contribution in [1.82, 2.24) is 0 Å². The molecule has 0 atom stereocenters. The van der Waals surface area contributed by atoms with Crippen molar-refractivity contribution in [2.24, 2.45) is 10.3 Å². The lowest BCUT2D eigenvalue weighted by atomic mass is 9.97. The van der Waals surface area contributed by atoms with Gasteiger partial charge in [-0.25, -0.2) is 0 Å². The number of allylic oxidation sites excluding steroid dienone is 4. The van der Waals surface area contributed by atoms with Crippen LogP contribution in [0.25, 0.3) is 0 Å². The maximum absolute atomic E-state index is 10.2. The first-order valence-corrected chi connectivity index (χ1v) is 3.34. The highest BCUT2D eigenvalue weighted by atomic mass is 16.4. The summed E-state index contributed by atoms with van der Waals surface area (Å²) in [6, 6.07) is 0. The number of nitrogens with zero attached hydrogens (tertiary/aromatic N) is 2. The molecule has 1 aliphatic rings. The molecule has 0 aliphatic heterocycles. The number of hydrogen-bond donors (Lipinski definition) is 1. The molecule has 0 unspecified atom stereocenters. The largest absolute Gasteiger partial charge is 0.410 e. The van der Waals surface area contributed by atoms with Gasteiger partial charge in [0.2, 0.25) is 0 Å². The van der Waals surface area contributed by atoms with Crippen LogP contribution < -0.4 is 0 Å². The molecule has 4 nitrogen and oxygen atoms in total. The summed E-state index contributed by atoms with van der Waals surface area (Å²) < 4.78 is 0. The maximum atomic E-state index is 10.2. The molecule has 4 heteroatoms. The van der Waals surface area contributed by atoms with Gasteiger partial charge in [0.05, 0.1) is 0 Å². The van der Waals surface area contributed by atoms with Crippen LogP contribution in [-0.2, 0) is 0 Å². The summed E-state index contributed by atoms with van der Waals surface area (Å²) in [5.74, 6) is 0. The molecule has 0 aromatic carbocycles. The average molecular weight is 164 g/mol. The molecule has 0 fully saturated rings. The van der Waals surface area contributed by atoms with Gasteiger partial charge in [-0.3, -0.25) is 0 Å². The van der Waals surface area contributed by atoms with E-state index in [1.165, 1.54) is 6.08 Å². The van der Waals surface area contributed by atoms with E-state index in [1.54, 1.807) is 6.08 Å². The number of hydrogen-bond acceptors (Lipinski definition) is 4. The fourth-order valence-corrected chi connectivity index (χ4v) is 0.910. The van der Waals surface area contributed by atoms with Crippen LogP contribution in [0.5, 0.6) is 0 Å². The molecule has 1 rings (SSSR count). The first kappa shape index (κ1) is 8.39. The lowest BCUT2D eigenvalue weighted by Crippen LogP contribution is -2.08. The summed E-state index contributed by atoms with van der Waals surface area (Å²) in [6.07, 6.45) is 3.19. The third kappa shape index (κ3) is 1.18. The van der Waals surface area contributed by atoms with Gasteiger partial charge in [0, 0.05) is 5.57 Å². The van der Waals surface area contributed by atoms with Crippen molar-refractivity contribution < 1.29 is 5.21 Å². The van der Waals surface area contributed by atoms with E-state index in [0.29, 0.717) is 5.57 Å². The summed E-state index contributed by atoms with van der Waals surface area (Å²) in [4.78, 5) is 10.2. The minimum atomic E-state index is 0.105. The molecule has 12 heavy (non-hydrogen) atoms. The molecule has 0 amide bonds. The first-order valence-electron chi connectivity index (χ1n) is 3.34. The third-order valence-corrected chi connectivity index (χ3v) is 1.69. The lowest BCUT2D eigenvalue weighted by Gasteiger charge is -2.10. The Morgan fingerprint density at radius 3 is 2.67 bits per heavy atom. The Morgan fingerprint density at radius 2 is 2.17 bits per heavy atom. The summed E-state index contributed by atoms with van der Waals surface area (Å²) in [5.41, 5.74) is 1.63. The average Bonchev–Trinajstić information content (AvgIpc) is 2.09. The van der Waals surface area contributed by atoms with Crippen LogP contribution >= 0.6 is 0 Å². The summed E-state index contributed by atoms with van der Waals surface area (Å²) in [7, 11) is 0. The predicted octanol–water partition coefficient (Wildman–Crippen LogP) is 1.98. The van der Waals surface area contributed by atoms with Gasteiger partial charge in [0.1, 0.15) is 11.4 Å². The molecule has 0 bridgehead atoms. The van der Waals surface area contributed by atoms with Gasteiger partial charge in [-0.2, -0.15) is 0 Å². The summed E-state index contributed by atoms with van der Waals surface area (Å²) in [6.45, 7) is 5.46. The zero-order chi connectivity index (χ0) is 9.14. The quantitative estimate of drug-likeness (QED) is 0.366. The highest BCUT2D eigenvalue weighted by molar-refractivity contribution is 6.15. The second-order valence-corrected chi connectivity index (χ2v) is 2.42. The molecule has 0 radical (unpaired) electrons. The Kier molecular flexibility index (Phi) is 2.19. The van der Waals surface area contributed by atoms with Crippen molar-refractivity contribution in [1.29, 1.82) is 0 Å². The topological polar surface area (TPSA) is 62.0 Å². The standard InChI is InChI=1S/C8H8N2O2/c1-5-3-4-7(9-11)8(10-12)6(5)2/h3-4,12H,2H2,1H3/b10-8+. The van der Waals surface area contributed by atoms with Crippen LogP contribution in [0.1, 0.15) is 6.92 Å². The Balaban J connectivity index is 3.19. The SMILES string of the molecule is C=C1C(C)=CC=C(N=O)/C1=N/O. The highest BCUT2D eigenvalue weighted by Crippen LogP contribution is 2.20. The normalized spacial score (nSPS) is 20.4. The monoisotopic (exact) mass is 164 g/mol. The van der Waals surface area contributed by atoms with Crippen LogP contribution in [-0.4, -0.2) is 10.9 Å². The molecule has 1 aliphatic carbocycles. The van der Waals surface area contributed by atoms with Gasteiger partial charge in [0.15, 0.2) is 0 Å². The number of rotatable bonds is 1. The Morgan fingerprint density at radius 1 is 1.50 bits per heavy atom. The van der Waals surface area contributed by atoms with E-state index in [9.17, 15) is 4.91 Å². The van der Waals surface area contributed by atoms with Crippen molar-refractivity contribution in [2.75, 3.05) is 0 Å². The molecular weight excluding hydrogens is 156 g/mol. The smallest absolute Gasteiger partial charge is 0.138 e. The second kappa shape index (κ2) is 3.13. The van der Waals surface area contributed by atoms with E-state index in [2.05, 4.69) is 16.9 Å². The zero-order valence-corrected chi connectivity index (χ0v) is 6.61. The maximum Gasteiger partial charge on any atom is 0.138 e. The molecule has 0 aromatic rings. The number of oxime groups is 1. The van der Waals surface area contributed by atoms with Crippen molar-refractivity contribution in [3.63, 3.8) is 0 Å². The van der Waals surface area contributed by atoms with Gasteiger partial charge in [-0.15, -0.1) is 4.91 Å². The second-order valence-electron chi connectivity index (χ2n) is 2.42. The third-order valence-electron chi connectivity index (χ3n) is 1.69. The van der Waals surface area contributed by atoms with Gasteiger partial charge >= 0.3 is 0 Å². The highest BCUT2D eigenvalue weighted by Gasteiger charge is 2.16. The zero-order valence-electron chi connectivity index (χ0n) is 6.61. The van der Waals surface area contributed by atoms with Gasteiger partial charge in [-0.05, 0) is 23.7 Å². The molecule has 0 aromatic heterocycles. The van der Waals surface area contributed by atoms with E-state index < -0.39 is 0 Å². The fraction of sp³-hybridized carbons (Fsp3) is 0.125. The molecule has 1 N–H and O–H groups in total. The van der Waals surface area contributed by atoms with Crippen molar-refractivity contribution in [3.8, 4) is 0 Å². The van der Waals surface area contributed by atoms with Crippen molar-refractivity contribution in [3.05, 3.63) is 40.5 Å². The van der Waals surface area contributed by atoms with Gasteiger partial charge < -0.3 is 5.21 Å². The predicted molar refractivity (Wildman–Crippen MR) is 46.0 cm³/mol. The van der Waals surface area contributed by atoms with Crippen LogP contribution in [0.3, 0.4) is 0 Å². The van der Waals surface area contributed by atoms with E-state index >= 15 is 0 Å². The molecule has 62 valence electrons. The minimum absolute atomic E-state index is 0.105. The first-order chi connectivity index (χ1) is 5.70. The van der Waals surface area contributed by atoms with E-state index in [4.69, 9.17) is 5.21 Å². The van der Waals surface area contributed by atoms with E-state index in [0.717, 1.165) is 5.57 Å². The molecule has 0 saturated carbocycles. The molecule has 0 saturated heterocycles. The van der Waals surface area contributed by atoms with Crippen molar-refractivity contribution >= 4 is 5.71 Å². The molecule has 0 spiro atoms. The van der Waals surface area contributed by atoms with Crippen LogP contribution in [0, 0.1) is 4.91 Å². The molecule has 0 heterocycles. The summed E-state index contributed by atoms with van der Waals surface area (Å²) >= 11 is 0. The molecular formula is C8H8N2O2. The van der Waals surface area contributed by atoms with Gasteiger partial charge in [0.25, 0.3) is 0 Å². The van der Waals surface area contributed by atoms with E-state index in [1.807, 2.05) is 6.92 Å². The van der Waals surface area contributed by atoms with Gasteiger partial charge in [-0.1, -0.05) is 17.8 Å². The Bertz CT molecular complexity index is 324. The van der Waals surface area contributed by atoms with Crippen LogP contribution in [0.4, 0.5) is 0 Å². The minimum Gasteiger partial charge on any atom is -0.410 e. The fourth-order valence-electron chi connectivity index (χ4n) is 0.910. The van der Waals surface area contributed by atoms with E-state index in [-0.39, 0.29) is 11.4 Å². The lowest BCUT2D eigenvalue weighted by molar-refractivity contribution is 0.319. The van der Waals surface area contributed by atoms with Crippen LogP contribution in [0.2, 0.25) is 0 Å². The van der Waals surface area contributed by atoms with Crippen molar-refractivity contribution in [2.45, 2.75) is 6.92 Å². The summed E-state index contributed by atoms with van der Waals surface area (Å²) in [5, 5.41) is 14.2. The Labute approximate surface area is 69.6 Å².